The Balaban J connectivity index is 2.69. The zero-order chi connectivity index (χ0) is 11.3. The first kappa shape index (κ1) is 12.2. The molecule has 0 bridgehead atoms. The highest BCUT2D eigenvalue weighted by atomic mass is 79.9. The van der Waals surface area contributed by atoms with E-state index in [1.54, 1.807) is 12.1 Å². The monoisotopic (exact) mass is 273 g/mol. The normalized spacial score (nSPS) is 10.1. The smallest absolute Gasteiger partial charge is 0.254 e. The standard InChI is InChI=1S/C11H13BrFNO/c1-2-3-7-14-11(15)8-5-4-6-9(12)10(8)13/h4-6H,2-3,7H2,1H3,(H,14,15). The van der Waals surface area contributed by atoms with Crippen molar-refractivity contribution in [2.45, 2.75) is 19.8 Å². The summed E-state index contributed by atoms with van der Waals surface area (Å²) in [6, 6.07) is 4.68. The van der Waals surface area contributed by atoms with Gasteiger partial charge in [-0.2, -0.15) is 0 Å². The van der Waals surface area contributed by atoms with Crippen LogP contribution in [-0.4, -0.2) is 12.5 Å². The molecule has 0 aliphatic heterocycles. The summed E-state index contributed by atoms with van der Waals surface area (Å²) in [4.78, 5) is 11.5. The molecule has 0 saturated heterocycles. The largest absolute Gasteiger partial charge is 0.352 e. The topological polar surface area (TPSA) is 29.1 Å². The van der Waals surface area contributed by atoms with Gasteiger partial charge >= 0.3 is 0 Å². The SMILES string of the molecule is CCCCNC(=O)c1cccc(Br)c1F. The Kier molecular flexibility index (Phi) is 4.75. The molecule has 1 N–H and O–H groups in total. The molecule has 1 aromatic carbocycles. The van der Waals surface area contributed by atoms with Gasteiger partial charge in [0, 0.05) is 6.54 Å². The molecule has 0 atom stereocenters. The molecule has 0 unspecified atom stereocenters. The van der Waals surface area contributed by atoms with E-state index in [-0.39, 0.29) is 11.5 Å². The van der Waals surface area contributed by atoms with Gasteiger partial charge in [-0.3, -0.25) is 4.79 Å². The average molecular weight is 274 g/mol. The molecular weight excluding hydrogens is 261 g/mol. The van der Waals surface area contributed by atoms with Gasteiger partial charge in [0.05, 0.1) is 10.0 Å². The lowest BCUT2D eigenvalue weighted by Crippen LogP contribution is -2.25. The quantitative estimate of drug-likeness (QED) is 0.840. The van der Waals surface area contributed by atoms with Gasteiger partial charge < -0.3 is 5.32 Å². The van der Waals surface area contributed by atoms with Crippen LogP contribution >= 0.6 is 15.9 Å². The van der Waals surface area contributed by atoms with Crippen LogP contribution in [0.4, 0.5) is 4.39 Å². The van der Waals surface area contributed by atoms with E-state index >= 15 is 0 Å². The Morgan fingerprint density at radius 2 is 2.27 bits per heavy atom. The van der Waals surface area contributed by atoms with E-state index in [4.69, 9.17) is 0 Å². The maximum atomic E-state index is 13.5. The van der Waals surface area contributed by atoms with Crippen molar-refractivity contribution in [1.29, 1.82) is 0 Å². The number of rotatable bonds is 4. The number of benzene rings is 1. The van der Waals surface area contributed by atoms with Gasteiger partial charge in [-0.25, -0.2) is 4.39 Å². The molecule has 0 saturated carbocycles. The minimum Gasteiger partial charge on any atom is -0.352 e. The lowest BCUT2D eigenvalue weighted by Gasteiger charge is -2.05. The maximum absolute atomic E-state index is 13.5. The minimum atomic E-state index is -0.508. The van der Waals surface area contributed by atoms with E-state index < -0.39 is 5.82 Å². The maximum Gasteiger partial charge on any atom is 0.254 e. The first-order valence-electron chi connectivity index (χ1n) is 4.89. The first-order valence-corrected chi connectivity index (χ1v) is 5.68. The number of carbonyl (C=O) groups is 1. The summed E-state index contributed by atoms with van der Waals surface area (Å²) in [7, 11) is 0. The Bertz CT molecular complexity index is 354. The fourth-order valence-electron chi connectivity index (χ4n) is 1.15. The van der Waals surface area contributed by atoms with Gasteiger partial charge in [-0.05, 0) is 34.5 Å². The van der Waals surface area contributed by atoms with E-state index in [2.05, 4.69) is 21.2 Å². The highest BCUT2D eigenvalue weighted by Crippen LogP contribution is 2.18. The number of hydrogen-bond acceptors (Lipinski definition) is 1. The summed E-state index contributed by atoms with van der Waals surface area (Å²) in [6.07, 6.45) is 1.91. The molecule has 1 amide bonds. The fourth-order valence-corrected chi connectivity index (χ4v) is 1.52. The summed E-state index contributed by atoms with van der Waals surface area (Å²) in [5.74, 6) is -0.867. The molecule has 0 fully saturated rings. The summed E-state index contributed by atoms with van der Waals surface area (Å²) >= 11 is 3.04. The molecule has 1 rings (SSSR count). The van der Waals surface area contributed by atoms with Gasteiger partial charge in [0.1, 0.15) is 5.82 Å². The van der Waals surface area contributed by atoms with E-state index in [1.807, 2.05) is 6.92 Å². The van der Waals surface area contributed by atoms with Crippen molar-refractivity contribution >= 4 is 21.8 Å². The van der Waals surface area contributed by atoms with Crippen molar-refractivity contribution in [3.8, 4) is 0 Å². The summed E-state index contributed by atoms with van der Waals surface area (Å²) in [5.41, 5.74) is 0.0838. The van der Waals surface area contributed by atoms with Crippen molar-refractivity contribution < 1.29 is 9.18 Å². The molecule has 0 aliphatic carbocycles. The van der Waals surface area contributed by atoms with E-state index in [9.17, 15) is 9.18 Å². The van der Waals surface area contributed by atoms with E-state index in [0.29, 0.717) is 11.0 Å². The number of halogens is 2. The number of carbonyl (C=O) groups excluding carboxylic acids is 1. The zero-order valence-corrected chi connectivity index (χ0v) is 10.1. The van der Waals surface area contributed by atoms with Gasteiger partial charge in [0.15, 0.2) is 0 Å². The van der Waals surface area contributed by atoms with Crippen LogP contribution in [0.2, 0.25) is 0 Å². The Morgan fingerprint density at radius 3 is 2.93 bits per heavy atom. The third kappa shape index (κ3) is 3.30. The predicted molar refractivity (Wildman–Crippen MR) is 61.3 cm³/mol. The van der Waals surface area contributed by atoms with Crippen molar-refractivity contribution in [1.82, 2.24) is 5.32 Å². The van der Waals surface area contributed by atoms with Gasteiger partial charge in [-0.15, -0.1) is 0 Å². The zero-order valence-electron chi connectivity index (χ0n) is 8.52. The lowest BCUT2D eigenvalue weighted by molar-refractivity contribution is 0.0949. The van der Waals surface area contributed by atoms with Crippen LogP contribution in [-0.2, 0) is 0 Å². The summed E-state index contributed by atoms with van der Waals surface area (Å²) in [6.45, 7) is 2.62. The van der Waals surface area contributed by atoms with Crippen LogP contribution in [0.15, 0.2) is 22.7 Å². The number of unbranched alkanes of at least 4 members (excludes halogenated alkanes) is 1. The van der Waals surface area contributed by atoms with Crippen LogP contribution in [0.5, 0.6) is 0 Å². The first-order chi connectivity index (χ1) is 7.16. The molecule has 0 radical (unpaired) electrons. The van der Waals surface area contributed by atoms with Crippen molar-refractivity contribution in [2.75, 3.05) is 6.54 Å². The van der Waals surface area contributed by atoms with Gasteiger partial charge in [-0.1, -0.05) is 19.4 Å². The van der Waals surface area contributed by atoms with E-state index in [0.717, 1.165) is 12.8 Å². The minimum absolute atomic E-state index is 0.0838. The Labute approximate surface area is 97.0 Å². The number of amides is 1. The van der Waals surface area contributed by atoms with Crippen LogP contribution in [0.25, 0.3) is 0 Å². The fraction of sp³-hybridized carbons (Fsp3) is 0.364. The number of hydrogen-bond donors (Lipinski definition) is 1. The van der Waals surface area contributed by atoms with Crippen molar-refractivity contribution in [3.63, 3.8) is 0 Å². The highest BCUT2D eigenvalue weighted by Gasteiger charge is 2.12. The third-order valence-electron chi connectivity index (χ3n) is 2.01. The van der Waals surface area contributed by atoms with Crippen molar-refractivity contribution in [3.05, 3.63) is 34.1 Å². The molecule has 0 spiro atoms. The Hall–Kier alpha value is -0.900. The molecule has 82 valence electrons. The molecule has 0 aromatic heterocycles. The Morgan fingerprint density at radius 1 is 1.53 bits per heavy atom. The molecule has 0 heterocycles. The van der Waals surface area contributed by atoms with Gasteiger partial charge in [0.25, 0.3) is 5.91 Å². The molecule has 15 heavy (non-hydrogen) atoms. The second-order valence-electron chi connectivity index (χ2n) is 3.21. The average Bonchev–Trinajstić information content (AvgIpc) is 2.22. The predicted octanol–water partition coefficient (Wildman–Crippen LogP) is 3.12. The molecule has 4 heteroatoms. The molecule has 2 nitrogen and oxygen atoms in total. The van der Waals surface area contributed by atoms with E-state index in [1.165, 1.54) is 6.07 Å². The van der Waals surface area contributed by atoms with Crippen molar-refractivity contribution in [2.24, 2.45) is 0 Å². The third-order valence-corrected chi connectivity index (χ3v) is 2.62. The summed E-state index contributed by atoms with van der Waals surface area (Å²) < 4.78 is 13.8. The molecular formula is C11H13BrFNO. The van der Waals surface area contributed by atoms with Gasteiger partial charge in [0.2, 0.25) is 0 Å². The van der Waals surface area contributed by atoms with Crippen LogP contribution in [0.3, 0.4) is 0 Å². The summed E-state index contributed by atoms with van der Waals surface area (Å²) in [5, 5.41) is 2.67. The van der Waals surface area contributed by atoms with Crippen LogP contribution in [0, 0.1) is 5.82 Å². The second-order valence-corrected chi connectivity index (χ2v) is 4.07. The van der Waals surface area contributed by atoms with Crippen LogP contribution < -0.4 is 5.32 Å². The molecule has 1 aromatic rings. The number of nitrogens with one attached hydrogen (secondary N) is 1. The molecule has 0 aliphatic rings. The highest BCUT2D eigenvalue weighted by molar-refractivity contribution is 9.10. The second kappa shape index (κ2) is 5.85. The van der Waals surface area contributed by atoms with Crippen LogP contribution in [0.1, 0.15) is 30.1 Å². The lowest BCUT2D eigenvalue weighted by atomic mass is 10.2.